The largest absolute Gasteiger partial charge is 0.467 e. The molecule has 16 heavy (non-hydrogen) atoms. The Kier molecular flexibility index (Phi) is 3.24. The highest BCUT2D eigenvalue weighted by Gasteiger charge is 2.35. The number of likely N-dealkylation sites (tertiary alicyclic amines) is 1. The molecule has 1 amide bonds. The van der Waals surface area contributed by atoms with Gasteiger partial charge in [0.2, 0.25) is 0 Å². The SMILES string of the molecule is COC(=O)[C@H]1CCCN1C(=O)c1cccs1. The molecular weight excluding hydrogens is 226 g/mol. The Balaban J connectivity index is 2.14. The third kappa shape index (κ3) is 1.95. The molecule has 0 spiro atoms. The highest BCUT2D eigenvalue weighted by Crippen LogP contribution is 2.22. The first-order valence-corrected chi connectivity index (χ1v) is 6.04. The molecule has 2 rings (SSSR count). The van der Waals surface area contributed by atoms with E-state index in [1.54, 1.807) is 11.0 Å². The average Bonchev–Trinajstić information content (AvgIpc) is 2.97. The number of hydrogen-bond acceptors (Lipinski definition) is 4. The van der Waals surface area contributed by atoms with E-state index < -0.39 is 6.04 Å². The zero-order chi connectivity index (χ0) is 11.5. The van der Waals surface area contributed by atoms with E-state index in [2.05, 4.69) is 0 Å². The summed E-state index contributed by atoms with van der Waals surface area (Å²) >= 11 is 1.40. The minimum Gasteiger partial charge on any atom is -0.467 e. The molecule has 1 saturated heterocycles. The second kappa shape index (κ2) is 4.65. The van der Waals surface area contributed by atoms with Crippen molar-refractivity contribution in [1.82, 2.24) is 4.90 Å². The van der Waals surface area contributed by atoms with Gasteiger partial charge in [-0.05, 0) is 24.3 Å². The molecule has 4 nitrogen and oxygen atoms in total. The molecule has 1 aromatic heterocycles. The Morgan fingerprint density at radius 2 is 2.38 bits per heavy atom. The third-order valence-electron chi connectivity index (χ3n) is 2.72. The lowest BCUT2D eigenvalue weighted by molar-refractivity contribution is -0.145. The minimum atomic E-state index is -0.403. The van der Waals surface area contributed by atoms with Crippen LogP contribution in [0.2, 0.25) is 0 Å². The molecule has 0 saturated carbocycles. The van der Waals surface area contributed by atoms with Crippen LogP contribution in [-0.4, -0.2) is 36.5 Å². The maximum Gasteiger partial charge on any atom is 0.328 e. The molecule has 1 atom stereocenters. The van der Waals surface area contributed by atoms with E-state index >= 15 is 0 Å². The molecule has 2 heterocycles. The third-order valence-corrected chi connectivity index (χ3v) is 3.58. The van der Waals surface area contributed by atoms with Gasteiger partial charge in [0.15, 0.2) is 0 Å². The van der Waals surface area contributed by atoms with Crippen molar-refractivity contribution in [3.63, 3.8) is 0 Å². The van der Waals surface area contributed by atoms with Crippen LogP contribution >= 0.6 is 11.3 Å². The number of thiophene rings is 1. The number of ether oxygens (including phenoxy) is 1. The van der Waals surface area contributed by atoms with Crippen LogP contribution in [0.3, 0.4) is 0 Å². The van der Waals surface area contributed by atoms with Crippen LogP contribution in [0.5, 0.6) is 0 Å². The van der Waals surface area contributed by atoms with Crippen molar-refractivity contribution in [2.75, 3.05) is 13.7 Å². The van der Waals surface area contributed by atoms with Gasteiger partial charge in [0, 0.05) is 6.54 Å². The van der Waals surface area contributed by atoms with Crippen LogP contribution in [0.1, 0.15) is 22.5 Å². The summed E-state index contributed by atoms with van der Waals surface area (Å²) in [4.78, 5) is 25.8. The Morgan fingerprint density at radius 3 is 3.00 bits per heavy atom. The number of esters is 1. The van der Waals surface area contributed by atoms with Crippen molar-refractivity contribution < 1.29 is 14.3 Å². The fourth-order valence-corrected chi connectivity index (χ4v) is 2.61. The molecule has 0 unspecified atom stereocenters. The van der Waals surface area contributed by atoms with Crippen molar-refractivity contribution in [3.8, 4) is 0 Å². The van der Waals surface area contributed by atoms with Crippen LogP contribution in [-0.2, 0) is 9.53 Å². The lowest BCUT2D eigenvalue weighted by atomic mass is 10.2. The maximum absolute atomic E-state index is 12.1. The number of carbonyl (C=O) groups is 2. The molecule has 1 aromatic rings. The summed E-state index contributed by atoms with van der Waals surface area (Å²) in [5.41, 5.74) is 0. The molecular formula is C11H13NO3S. The second-order valence-electron chi connectivity index (χ2n) is 3.66. The predicted octanol–water partition coefficient (Wildman–Crippen LogP) is 1.53. The highest BCUT2D eigenvalue weighted by molar-refractivity contribution is 7.12. The van der Waals surface area contributed by atoms with Crippen molar-refractivity contribution in [2.45, 2.75) is 18.9 Å². The lowest BCUT2D eigenvalue weighted by Gasteiger charge is -2.21. The van der Waals surface area contributed by atoms with Crippen molar-refractivity contribution in [2.24, 2.45) is 0 Å². The summed E-state index contributed by atoms with van der Waals surface area (Å²) in [7, 11) is 1.36. The van der Waals surface area contributed by atoms with Gasteiger partial charge in [-0.15, -0.1) is 11.3 Å². The van der Waals surface area contributed by atoms with Crippen molar-refractivity contribution >= 4 is 23.2 Å². The first-order valence-electron chi connectivity index (χ1n) is 5.16. The van der Waals surface area contributed by atoms with Gasteiger partial charge in [0.1, 0.15) is 6.04 Å². The highest BCUT2D eigenvalue weighted by atomic mass is 32.1. The summed E-state index contributed by atoms with van der Waals surface area (Å²) in [5, 5.41) is 1.86. The number of methoxy groups -OCH3 is 1. The molecule has 0 aliphatic carbocycles. The molecule has 1 fully saturated rings. The molecule has 1 aliphatic rings. The Morgan fingerprint density at radius 1 is 1.56 bits per heavy atom. The topological polar surface area (TPSA) is 46.6 Å². The van der Waals surface area contributed by atoms with E-state index in [-0.39, 0.29) is 11.9 Å². The molecule has 0 aromatic carbocycles. The first kappa shape index (κ1) is 11.1. The van der Waals surface area contributed by atoms with Crippen LogP contribution < -0.4 is 0 Å². The summed E-state index contributed by atoms with van der Waals surface area (Å²) in [5.74, 6) is -0.384. The summed E-state index contributed by atoms with van der Waals surface area (Å²) in [6, 6.07) is 3.21. The molecule has 0 bridgehead atoms. The van der Waals surface area contributed by atoms with Gasteiger partial charge in [0.05, 0.1) is 12.0 Å². The van der Waals surface area contributed by atoms with Gasteiger partial charge >= 0.3 is 5.97 Å². The van der Waals surface area contributed by atoms with E-state index in [9.17, 15) is 9.59 Å². The second-order valence-corrected chi connectivity index (χ2v) is 4.60. The standard InChI is InChI=1S/C11H13NO3S/c1-15-11(14)8-4-2-6-12(8)10(13)9-5-3-7-16-9/h3,5,7-8H,2,4,6H2,1H3/t8-/m1/s1. The molecule has 1 aliphatic heterocycles. The number of amides is 1. The fourth-order valence-electron chi connectivity index (χ4n) is 1.93. The lowest BCUT2D eigenvalue weighted by Crippen LogP contribution is -2.40. The Bertz CT molecular complexity index is 388. The quantitative estimate of drug-likeness (QED) is 0.735. The van der Waals surface area contributed by atoms with Gasteiger partial charge in [-0.2, -0.15) is 0 Å². The number of carbonyl (C=O) groups excluding carboxylic acids is 2. The van der Waals surface area contributed by atoms with Gasteiger partial charge in [0.25, 0.3) is 5.91 Å². The molecule has 0 N–H and O–H groups in total. The van der Waals surface area contributed by atoms with Crippen molar-refractivity contribution in [1.29, 1.82) is 0 Å². The van der Waals surface area contributed by atoms with E-state index in [4.69, 9.17) is 4.74 Å². The summed E-state index contributed by atoms with van der Waals surface area (Å²) in [6.45, 7) is 0.635. The maximum atomic E-state index is 12.1. The smallest absolute Gasteiger partial charge is 0.328 e. The molecule has 0 radical (unpaired) electrons. The summed E-state index contributed by atoms with van der Waals surface area (Å²) < 4.78 is 4.70. The van der Waals surface area contributed by atoms with E-state index in [0.29, 0.717) is 17.8 Å². The minimum absolute atomic E-state index is 0.0668. The first-order chi connectivity index (χ1) is 7.74. The average molecular weight is 239 g/mol. The monoisotopic (exact) mass is 239 g/mol. The van der Waals surface area contributed by atoms with Crippen LogP contribution in [0.25, 0.3) is 0 Å². The Labute approximate surface area is 97.8 Å². The summed E-state index contributed by atoms with van der Waals surface area (Å²) in [6.07, 6.45) is 1.56. The fraction of sp³-hybridized carbons (Fsp3) is 0.455. The number of nitrogens with zero attached hydrogens (tertiary/aromatic N) is 1. The molecule has 86 valence electrons. The van der Waals surface area contributed by atoms with Crippen LogP contribution in [0.4, 0.5) is 0 Å². The normalized spacial score (nSPS) is 19.8. The zero-order valence-electron chi connectivity index (χ0n) is 9.01. The van der Waals surface area contributed by atoms with Crippen molar-refractivity contribution in [3.05, 3.63) is 22.4 Å². The predicted molar refractivity (Wildman–Crippen MR) is 60.4 cm³/mol. The zero-order valence-corrected chi connectivity index (χ0v) is 9.83. The van der Waals surface area contributed by atoms with Gasteiger partial charge in [-0.3, -0.25) is 4.79 Å². The van der Waals surface area contributed by atoms with Crippen LogP contribution in [0, 0.1) is 0 Å². The van der Waals surface area contributed by atoms with E-state index in [0.717, 1.165) is 6.42 Å². The number of hydrogen-bond donors (Lipinski definition) is 0. The Hall–Kier alpha value is -1.36. The van der Waals surface area contributed by atoms with Gasteiger partial charge < -0.3 is 9.64 Å². The van der Waals surface area contributed by atoms with Gasteiger partial charge in [-0.25, -0.2) is 4.79 Å². The number of rotatable bonds is 2. The van der Waals surface area contributed by atoms with Gasteiger partial charge in [-0.1, -0.05) is 6.07 Å². The van der Waals surface area contributed by atoms with Crippen LogP contribution in [0.15, 0.2) is 17.5 Å². The molecule has 5 heteroatoms. The van der Waals surface area contributed by atoms with E-state index in [1.165, 1.54) is 18.4 Å². The van der Waals surface area contributed by atoms with E-state index in [1.807, 2.05) is 11.4 Å².